The fourth-order valence-corrected chi connectivity index (χ4v) is 1.19. The van der Waals surface area contributed by atoms with Gasteiger partial charge in [0.15, 0.2) is 0 Å². The Kier molecular flexibility index (Phi) is 5.50. The molecule has 96 valence electrons. The van der Waals surface area contributed by atoms with Crippen molar-refractivity contribution in [2.75, 3.05) is 13.2 Å². The first-order valence-corrected chi connectivity index (χ1v) is 5.43. The van der Waals surface area contributed by atoms with E-state index >= 15 is 0 Å². The van der Waals surface area contributed by atoms with Gasteiger partial charge in [-0.25, -0.2) is 0 Å². The molecule has 1 unspecified atom stereocenters. The molecular formula is C9H16N4O4. The highest BCUT2D eigenvalue weighted by atomic mass is 16.6. The van der Waals surface area contributed by atoms with E-state index < -0.39 is 17.0 Å². The third-order valence-electron chi connectivity index (χ3n) is 2.04. The summed E-state index contributed by atoms with van der Waals surface area (Å²) in [4.78, 5) is 13.1. The van der Waals surface area contributed by atoms with Gasteiger partial charge in [-0.15, -0.1) is 0 Å². The zero-order chi connectivity index (χ0) is 12.7. The van der Waals surface area contributed by atoms with Crippen LogP contribution in [-0.4, -0.2) is 44.1 Å². The normalized spacial score (nSPS) is 12.6. The number of ether oxygens (including phenoxy) is 1. The number of nitro groups is 1. The number of hydrogen-bond donors (Lipinski definition) is 1. The van der Waals surface area contributed by atoms with Gasteiger partial charge in [-0.1, -0.05) is 18.3 Å². The van der Waals surface area contributed by atoms with Crippen LogP contribution in [0.2, 0.25) is 0 Å². The molecule has 1 N–H and O–H groups in total. The van der Waals surface area contributed by atoms with Crippen molar-refractivity contribution in [3.8, 4) is 0 Å². The van der Waals surface area contributed by atoms with E-state index in [4.69, 9.17) is 4.74 Å². The minimum Gasteiger partial charge on any atom is -0.390 e. The van der Waals surface area contributed by atoms with Gasteiger partial charge in [-0.05, 0) is 11.3 Å². The summed E-state index contributed by atoms with van der Waals surface area (Å²) >= 11 is 0. The Balaban J connectivity index is 2.29. The summed E-state index contributed by atoms with van der Waals surface area (Å²) in [6.45, 7) is 2.97. The number of unbranched alkanes of at least 4 members (excludes halogenated alkanes) is 1. The van der Waals surface area contributed by atoms with E-state index in [0.717, 1.165) is 12.8 Å². The summed E-state index contributed by atoms with van der Waals surface area (Å²) < 4.78 is 6.45. The van der Waals surface area contributed by atoms with Gasteiger partial charge in [0.2, 0.25) is 6.33 Å². The fourth-order valence-electron chi connectivity index (χ4n) is 1.19. The Morgan fingerprint density at radius 2 is 2.47 bits per heavy atom. The molecule has 0 fully saturated rings. The van der Waals surface area contributed by atoms with Gasteiger partial charge < -0.3 is 20.0 Å². The summed E-state index contributed by atoms with van der Waals surface area (Å²) in [5.41, 5.74) is 0. The maximum atomic E-state index is 10.3. The standard InChI is InChI=1S/C9H16N4O4/c1-2-3-4-17-6-8(14)5-12-7-10-9(11-12)13(15)16/h7-8,14H,2-6H2,1H3. The van der Waals surface area contributed by atoms with E-state index in [1.807, 2.05) is 6.92 Å². The van der Waals surface area contributed by atoms with Gasteiger partial charge in [0.1, 0.15) is 0 Å². The zero-order valence-corrected chi connectivity index (χ0v) is 9.65. The van der Waals surface area contributed by atoms with Gasteiger partial charge in [0.25, 0.3) is 0 Å². The molecule has 1 aromatic rings. The number of aliphatic hydroxyl groups is 1. The topological polar surface area (TPSA) is 103 Å². The lowest BCUT2D eigenvalue weighted by Crippen LogP contribution is -2.22. The maximum Gasteiger partial charge on any atom is 0.490 e. The third kappa shape index (κ3) is 4.87. The van der Waals surface area contributed by atoms with Crippen molar-refractivity contribution < 1.29 is 14.8 Å². The van der Waals surface area contributed by atoms with Crippen LogP contribution in [0, 0.1) is 10.1 Å². The molecule has 1 heterocycles. The lowest BCUT2D eigenvalue weighted by atomic mass is 10.3. The molecule has 0 aliphatic heterocycles. The third-order valence-corrected chi connectivity index (χ3v) is 2.04. The highest BCUT2D eigenvalue weighted by molar-refractivity contribution is 4.96. The molecule has 1 atom stereocenters. The van der Waals surface area contributed by atoms with Crippen LogP contribution in [0.1, 0.15) is 19.8 Å². The van der Waals surface area contributed by atoms with E-state index in [2.05, 4.69) is 10.1 Å². The number of nitrogens with zero attached hydrogens (tertiary/aromatic N) is 4. The molecule has 1 aromatic heterocycles. The first kappa shape index (κ1) is 13.5. The lowest BCUT2D eigenvalue weighted by Gasteiger charge is -2.08. The van der Waals surface area contributed by atoms with E-state index in [1.54, 1.807) is 0 Å². The predicted molar refractivity (Wildman–Crippen MR) is 58.4 cm³/mol. The summed E-state index contributed by atoms with van der Waals surface area (Å²) in [7, 11) is 0. The lowest BCUT2D eigenvalue weighted by molar-refractivity contribution is -0.394. The molecule has 8 heteroatoms. The molecule has 0 bridgehead atoms. The molecule has 0 radical (unpaired) electrons. The van der Waals surface area contributed by atoms with Gasteiger partial charge in [-0.3, -0.25) is 0 Å². The molecular weight excluding hydrogens is 228 g/mol. The van der Waals surface area contributed by atoms with Crippen molar-refractivity contribution in [2.24, 2.45) is 0 Å². The summed E-state index contributed by atoms with van der Waals surface area (Å²) in [6, 6.07) is 0. The minimum atomic E-state index is -0.742. The van der Waals surface area contributed by atoms with Crippen LogP contribution in [0.5, 0.6) is 0 Å². The van der Waals surface area contributed by atoms with Crippen LogP contribution < -0.4 is 0 Å². The van der Waals surface area contributed by atoms with Crippen molar-refractivity contribution in [2.45, 2.75) is 32.4 Å². The number of aromatic nitrogens is 3. The highest BCUT2D eigenvalue weighted by Crippen LogP contribution is 2.01. The molecule has 0 aromatic carbocycles. The van der Waals surface area contributed by atoms with Gasteiger partial charge in [0.05, 0.1) is 19.3 Å². The summed E-state index contributed by atoms with van der Waals surface area (Å²) in [5, 5.41) is 23.5. The average molecular weight is 244 g/mol. The largest absolute Gasteiger partial charge is 0.490 e. The molecule has 0 saturated carbocycles. The minimum absolute atomic E-state index is 0.132. The Labute approximate surface area is 98.4 Å². The van der Waals surface area contributed by atoms with Gasteiger partial charge in [-0.2, -0.15) is 4.68 Å². The molecule has 0 aliphatic rings. The van der Waals surface area contributed by atoms with Crippen molar-refractivity contribution in [1.82, 2.24) is 14.8 Å². The Hall–Kier alpha value is -1.54. The van der Waals surface area contributed by atoms with Gasteiger partial charge >= 0.3 is 5.95 Å². The second kappa shape index (κ2) is 6.92. The van der Waals surface area contributed by atoms with Crippen LogP contribution in [0.15, 0.2) is 6.33 Å². The second-order valence-electron chi connectivity index (χ2n) is 3.61. The molecule has 1 rings (SSSR count). The monoisotopic (exact) mass is 244 g/mol. The van der Waals surface area contributed by atoms with E-state index in [1.165, 1.54) is 11.0 Å². The SMILES string of the molecule is CCCCOCC(O)Cn1cnc([N+](=O)[O-])n1. The fraction of sp³-hybridized carbons (Fsp3) is 0.778. The van der Waals surface area contributed by atoms with Gasteiger partial charge in [0, 0.05) is 11.7 Å². The Bertz CT molecular complexity index is 355. The number of aliphatic hydroxyl groups excluding tert-OH is 1. The van der Waals surface area contributed by atoms with Crippen LogP contribution >= 0.6 is 0 Å². The van der Waals surface area contributed by atoms with Crippen molar-refractivity contribution in [3.05, 3.63) is 16.4 Å². The predicted octanol–water partition coefficient (Wildman–Crippen LogP) is 0.364. The molecule has 0 amide bonds. The maximum absolute atomic E-state index is 10.3. The zero-order valence-electron chi connectivity index (χ0n) is 9.65. The van der Waals surface area contributed by atoms with Crippen molar-refractivity contribution >= 4 is 5.95 Å². The van der Waals surface area contributed by atoms with Crippen LogP contribution in [0.4, 0.5) is 5.95 Å². The van der Waals surface area contributed by atoms with Crippen molar-refractivity contribution in [3.63, 3.8) is 0 Å². The summed E-state index contributed by atoms with van der Waals surface area (Å²) in [6.07, 6.45) is 2.45. The van der Waals surface area contributed by atoms with Crippen LogP contribution in [0.3, 0.4) is 0 Å². The van der Waals surface area contributed by atoms with Crippen molar-refractivity contribution in [1.29, 1.82) is 0 Å². The van der Waals surface area contributed by atoms with Crippen LogP contribution in [-0.2, 0) is 11.3 Å². The molecule has 17 heavy (non-hydrogen) atoms. The Morgan fingerprint density at radius 3 is 3.06 bits per heavy atom. The molecule has 0 spiro atoms. The quantitative estimate of drug-likeness (QED) is 0.402. The first-order valence-electron chi connectivity index (χ1n) is 5.43. The first-order chi connectivity index (χ1) is 8.13. The summed E-state index contributed by atoms with van der Waals surface area (Å²) in [5.74, 6) is -0.468. The van der Waals surface area contributed by atoms with E-state index in [9.17, 15) is 15.2 Å². The highest BCUT2D eigenvalue weighted by Gasteiger charge is 2.15. The number of hydrogen-bond acceptors (Lipinski definition) is 6. The molecule has 0 aliphatic carbocycles. The molecule has 8 nitrogen and oxygen atoms in total. The number of rotatable bonds is 8. The average Bonchev–Trinajstić information content (AvgIpc) is 2.73. The van der Waals surface area contributed by atoms with E-state index in [-0.39, 0.29) is 13.2 Å². The van der Waals surface area contributed by atoms with E-state index in [0.29, 0.717) is 6.61 Å². The smallest absolute Gasteiger partial charge is 0.390 e. The molecule has 0 saturated heterocycles. The second-order valence-corrected chi connectivity index (χ2v) is 3.61. The Morgan fingerprint density at radius 1 is 1.71 bits per heavy atom. The van der Waals surface area contributed by atoms with Crippen LogP contribution in [0.25, 0.3) is 0 Å².